The van der Waals surface area contributed by atoms with Crippen molar-refractivity contribution < 1.29 is 27.4 Å². The molecule has 1 saturated heterocycles. The van der Waals surface area contributed by atoms with E-state index in [4.69, 9.17) is 14.2 Å². The zero-order valence-corrected chi connectivity index (χ0v) is 23.3. The fourth-order valence-corrected chi connectivity index (χ4v) is 5.48. The second-order valence-electron chi connectivity index (χ2n) is 10.6. The van der Waals surface area contributed by atoms with Crippen LogP contribution in [0.2, 0.25) is 0 Å². The molecule has 7 nitrogen and oxygen atoms in total. The number of hydrogen-bond donors (Lipinski definition) is 2. The fourth-order valence-electron chi connectivity index (χ4n) is 5.48. The smallest absolute Gasteiger partial charge is 0.406 e. The highest BCUT2D eigenvalue weighted by Gasteiger charge is 2.31. The molecule has 0 aliphatic carbocycles. The molecule has 10 heteroatoms. The van der Waals surface area contributed by atoms with Gasteiger partial charge in [-0.15, -0.1) is 0 Å². The molecule has 2 aromatic carbocycles. The Balaban J connectivity index is 1.43. The second kappa shape index (κ2) is 13.5. The van der Waals surface area contributed by atoms with Crippen LogP contribution in [0.4, 0.5) is 24.5 Å². The summed E-state index contributed by atoms with van der Waals surface area (Å²) in [7, 11) is 2.12. The normalized spacial score (nSPS) is 21.6. The maximum atomic E-state index is 13.6. The minimum absolute atomic E-state index is 0.176. The van der Waals surface area contributed by atoms with Gasteiger partial charge in [-0.3, -0.25) is 0 Å². The summed E-state index contributed by atoms with van der Waals surface area (Å²) in [6.45, 7) is 3.58. The summed E-state index contributed by atoms with van der Waals surface area (Å²) in [5.41, 5.74) is 2.51. The largest absolute Gasteiger partial charge is 0.491 e. The van der Waals surface area contributed by atoms with E-state index in [1.807, 2.05) is 36.4 Å². The molecule has 2 atom stereocenters. The molecule has 1 fully saturated rings. The Morgan fingerprint density at radius 3 is 2.56 bits per heavy atom. The molecule has 6 rings (SSSR count). The van der Waals surface area contributed by atoms with E-state index < -0.39 is 12.7 Å². The topological polar surface area (TPSA) is 59.9 Å². The number of aromatic nitrogens is 1. The number of alkyl halides is 3. The number of halogens is 3. The second-order valence-corrected chi connectivity index (χ2v) is 10.6. The number of anilines is 2. The van der Waals surface area contributed by atoms with Crippen LogP contribution in [-0.4, -0.2) is 81.4 Å². The number of hydrogen-bond acceptors (Lipinski definition) is 6. The van der Waals surface area contributed by atoms with E-state index in [0.29, 0.717) is 50.2 Å². The van der Waals surface area contributed by atoms with Crippen LogP contribution >= 0.6 is 0 Å². The molecule has 41 heavy (non-hydrogen) atoms. The summed E-state index contributed by atoms with van der Waals surface area (Å²) >= 11 is 0. The number of fused-ring (bicyclic) bond motifs is 12. The maximum absolute atomic E-state index is 13.6. The summed E-state index contributed by atoms with van der Waals surface area (Å²) in [4.78, 5) is 2.32. The third kappa shape index (κ3) is 8.09. The lowest BCUT2D eigenvalue weighted by Gasteiger charge is -2.38. The Labute approximate surface area is 238 Å². The summed E-state index contributed by atoms with van der Waals surface area (Å²) in [5, 5.41) is 7.62. The minimum atomic E-state index is -4.38. The number of nitrogens with one attached hydrogen (secondary N) is 2. The molecular formula is C31H37F3N4O3. The van der Waals surface area contributed by atoms with Crippen molar-refractivity contribution in [3.63, 3.8) is 0 Å². The first-order valence-corrected chi connectivity index (χ1v) is 14.1. The number of likely N-dealkylation sites (tertiary alicyclic amines) is 1. The molecular weight excluding hydrogens is 533 g/mol. The molecule has 0 spiro atoms. The number of piperidine rings is 1. The van der Waals surface area contributed by atoms with E-state index in [-0.39, 0.29) is 12.6 Å². The van der Waals surface area contributed by atoms with E-state index in [0.717, 1.165) is 48.4 Å². The first-order valence-electron chi connectivity index (χ1n) is 14.1. The third-order valence-electron chi connectivity index (χ3n) is 7.51. The van der Waals surface area contributed by atoms with Crippen molar-refractivity contribution in [2.24, 2.45) is 5.92 Å². The number of benzene rings is 2. The van der Waals surface area contributed by atoms with Crippen molar-refractivity contribution in [2.75, 3.05) is 70.3 Å². The minimum Gasteiger partial charge on any atom is -0.491 e. The van der Waals surface area contributed by atoms with Crippen molar-refractivity contribution >= 4 is 22.3 Å². The summed E-state index contributed by atoms with van der Waals surface area (Å²) in [6, 6.07) is 14.9. The van der Waals surface area contributed by atoms with E-state index in [9.17, 15) is 13.2 Å². The molecule has 1 aromatic heterocycles. The van der Waals surface area contributed by atoms with Crippen LogP contribution in [0.25, 0.3) is 10.9 Å². The van der Waals surface area contributed by atoms with E-state index in [2.05, 4.69) is 34.4 Å². The van der Waals surface area contributed by atoms with Crippen LogP contribution in [0.1, 0.15) is 18.5 Å². The highest BCUT2D eigenvalue weighted by molar-refractivity contribution is 5.94. The van der Waals surface area contributed by atoms with Crippen LogP contribution in [0, 0.1) is 17.8 Å². The van der Waals surface area contributed by atoms with Crippen molar-refractivity contribution in [3.05, 3.63) is 54.2 Å². The van der Waals surface area contributed by atoms with E-state index >= 15 is 0 Å². The number of nitrogens with zero attached hydrogens (tertiary/aromatic N) is 2. The van der Waals surface area contributed by atoms with Crippen LogP contribution < -0.4 is 15.4 Å². The molecule has 3 aliphatic heterocycles. The van der Waals surface area contributed by atoms with Crippen LogP contribution in [-0.2, 0) is 16.0 Å². The third-order valence-corrected chi connectivity index (χ3v) is 7.51. The van der Waals surface area contributed by atoms with Crippen LogP contribution in [0.15, 0.2) is 48.5 Å². The lowest BCUT2D eigenvalue weighted by atomic mass is 9.89. The molecule has 0 amide bonds. The van der Waals surface area contributed by atoms with Crippen molar-refractivity contribution in [1.82, 2.24) is 9.47 Å². The maximum Gasteiger partial charge on any atom is 0.406 e. The van der Waals surface area contributed by atoms with Gasteiger partial charge in [0.25, 0.3) is 0 Å². The van der Waals surface area contributed by atoms with Crippen LogP contribution in [0.5, 0.6) is 5.75 Å². The van der Waals surface area contributed by atoms with E-state index in [1.165, 1.54) is 4.57 Å². The van der Waals surface area contributed by atoms with Gasteiger partial charge in [-0.25, -0.2) is 0 Å². The van der Waals surface area contributed by atoms with Gasteiger partial charge in [-0.1, -0.05) is 12.0 Å². The van der Waals surface area contributed by atoms with Gasteiger partial charge in [-0.05, 0) is 80.7 Å². The quantitative estimate of drug-likeness (QED) is 0.309. The zero-order valence-electron chi connectivity index (χ0n) is 23.3. The molecule has 3 aromatic rings. The predicted molar refractivity (Wildman–Crippen MR) is 155 cm³/mol. The summed E-state index contributed by atoms with van der Waals surface area (Å²) < 4.78 is 59.4. The zero-order chi connectivity index (χ0) is 28.7. The lowest BCUT2D eigenvalue weighted by molar-refractivity contribution is -0.140. The average molecular weight is 571 g/mol. The fraction of sp³-hybridized carbons (Fsp3) is 0.484. The summed E-state index contributed by atoms with van der Waals surface area (Å²) in [6.07, 6.45) is -2.57. The molecule has 0 radical (unpaired) electrons. The highest BCUT2D eigenvalue weighted by atomic mass is 19.4. The number of ether oxygens (including phenoxy) is 3. The standard InChI is InChI=1S/C31H37F3N4O3/c1-37-14-11-28-23(21-37)12-15-39-16-17-40-18-19-41-26-9-7-24(8-10-26)35-13-3-4-25-20-27-29(36-28)5-2-6-30(27)38(25)22-31(32,33)34/h2,5-10,20,23,28,35-36H,11-19,21-22H2,1H3. The Hall–Kier alpha value is -3.39. The van der Waals surface area contributed by atoms with Crippen molar-refractivity contribution in [2.45, 2.75) is 31.6 Å². The number of rotatable bonds is 1. The SMILES string of the molecule is CN1CCC2Nc3cccc4c3cc(n4CC(F)(F)F)C#CCNc3ccc(cc3)OCCOCCOCCC2C1. The van der Waals surface area contributed by atoms with Gasteiger partial charge >= 0.3 is 6.18 Å². The van der Waals surface area contributed by atoms with Gasteiger partial charge in [-0.2, -0.15) is 13.2 Å². The van der Waals surface area contributed by atoms with E-state index in [1.54, 1.807) is 12.1 Å². The highest BCUT2D eigenvalue weighted by Crippen LogP contribution is 2.32. The van der Waals surface area contributed by atoms with Gasteiger partial charge in [0, 0.05) is 36.0 Å². The molecule has 4 bridgehead atoms. The lowest BCUT2D eigenvalue weighted by Crippen LogP contribution is -2.45. The van der Waals surface area contributed by atoms with Crippen molar-refractivity contribution in [1.29, 1.82) is 0 Å². The first-order chi connectivity index (χ1) is 19.9. The molecule has 0 saturated carbocycles. The monoisotopic (exact) mass is 570 g/mol. The molecule has 2 unspecified atom stereocenters. The average Bonchev–Trinajstić information content (AvgIpc) is 3.28. The van der Waals surface area contributed by atoms with Gasteiger partial charge in [0.2, 0.25) is 0 Å². The Morgan fingerprint density at radius 1 is 0.976 bits per heavy atom. The van der Waals surface area contributed by atoms with Crippen molar-refractivity contribution in [3.8, 4) is 17.6 Å². The van der Waals surface area contributed by atoms with Gasteiger partial charge in [0.1, 0.15) is 18.9 Å². The summed E-state index contributed by atoms with van der Waals surface area (Å²) in [5.74, 6) is 7.04. The first kappa shape index (κ1) is 29.1. The Morgan fingerprint density at radius 2 is 1.76 bits per heavy atom. The molecule has 220 valence electrons. The predicted octanol–water partition coefficient (Wildman–Crippen LogP) is 5.22. The Kier molecular flexibility index (Phi) is 9.60. The van der Waals surface area contributed by atoms with Gasteiger partial charge < -0.3 is 34.3 Å². The van der Waals surface area contributed by atoms with Gasteiger partial charge in [0.05, 0.1) is 37.6 Å². The molecule has 2 N–H and O–H groups in total. The van der Waals surface area contributed by atoms with Gasteiger partial charge in [0.15, 0.2) is 0 Å². The molecule has 4 heterocycles. The van der Waals surface area contributed by atoms with Crippen LogP contribution in [0.3, 0.4) is 0 Å². The molecule has 3 aliphatic rings. The Bertz CT molecular complexity index is 1350.